The molecule has 2 heterocycles. The zero-order chi connectivity index (χ0) is 21.6. The monoisotopic (exact) mass is 545 g/mol. The maximum atomic E-state index is 13.8. The summed E-state index contributed by atoms with van der Waals surface area (Å²) < 4.78 is 25.1. The summed E-state index contributed by atoms with van der Waals surface area (Å²) in [5.74, 6) is 1.87. The van der Waals surface area contributed by atoms with E-state index >= 15 is 0 Å². The van der Waals surface area contributed by atoms with Gasteiger partial charge in [0.2, 0.25) is 5.89 Å². The molecular formula is C22H33FIN5O2. The van der Waals surface area contributed by atoms with Crippen LogP contribution < -0.4 is 10.6 Å². The van der Waals surface area contributed by atoms with Crippen LogP contribution in [0.3, 0.4) is 0 Å². The van der Waals surface area contributed by atoms with E-state index in [1.54, 1.807) is 25.4 Å². The van der Waals surface area contributed by atoms with Crippen LogP contribution in [0.2, 0.25) is 0 Å². The highest BCUT2D eigenvalue weighted by molar-refractivity contribution is 14.0. The summed E-state index contributed by atoms with van der Waals surface area (Å²) in [4.78, 5) is 10.9. The van der Waals surface area contributed by atoms with Gasteiger partial charge in [-0.1, -0.05) is 32.9 Å². The molecule has 1 saturated heterocycles. The van der Waals surface area contributed by atoms with Gasteiger partial charge in [0, 0.05) is 32.1 Å². The number of hydrogen-bond acceptors (Lipinski definition) is 5. The molecule has 1 fully saturated rings. The fourth-order valence-corrected chi connectivity index (χ4v) is 3.37. The quantitative estimate of drug-likeness (QED) is 0.329. The number of hydrogen-bond donors (Lipinski definition) is 2. The third kappa shape index (κ3) is 7.43. The first-order valence-corrected chi connectivity index (χ1v) is 10.3. The molecule has 1 atom stereocenters. The van der Waals surface area contributed by atoms with Crippen LogP contribution in [0.1, 0.15) is 44.0 Å². The second-order valence-corrected chi connectivity index (χ2v) is 8.39. The summed E-state index contributed by atoms with van der Waals surface area (Å²) in [7, 11) is 1.72. The molecule has 1 aliphatic rings. The number of morpholine rings is 1. The Labute approximate surface area is 200 Å². The summed E-state index contributed by atoms with van der Waals surface area (Å²) >= 11 is 0. The highest BCUT2D eigenvalue weighted by Crippen LogP contribution is 2.23. The molecule has 7 nitrogen and oxygen atoms in total. The van der Waals surface area contributed by atoms with Crippen LogP contribution in [0.5, 0.6) is 0 Å². The third-order valence-corrected chi connectivity index (χ3v) is 5.11. The zero-order valence-electron chi connectivity index (χ0n) is 18.7. The van der Waals surface area contributed by atoms with Gasteiger partial charge in [0.25, 0.3) is 0 Å². The van der Waals surface area contributed by atoms with Crippen molar-refractivity contribution in [2.75, 3.05) is 39.9 Å². The molecule has 2 N–H and O–H groups in total. The average molecular weight is 545 g/mol. The number of nitrogens with one attached hydrogen (secondary N) is 2. The van der Waals surface area contributed by atoms with E-state index in [0.29, 0.717) is 38.2 Å². The normalized spacial score (nSPS) is 16.5. The van der Waals surface area contributed by atoms with Gasteiger partial charge in [0.05, 0.1) is 32.0 Å². The van der Waals surface area contributed by atoms with E-state index in [1.807, 2.05) is 6.07 Å². The van der Waals surface area contributed by atoms with Crippen molar-refractivity contribution in [3.8, 4) is 0 Å². The minimum atomic E-state index is -0.230. The maximum absolute atomic E-state index is 13.8. The molecule has 0 aliphatic carbocycles. The molecule has 9 heteroatoms. The number of guanidine groups is 1. The van der Waals surface area contributed by atoms with Crippen molar-refractivity contribution in [2.24, 2.45) is 4.99 Å². The Bertz CT molecular complexity index is 846. The molecular weight excluding hydrogens is 512 g/mol. The van der Waals surface area contributed by atoms with E-state index in [2.05, 4.69) is 46.3 Å². The number of aromatic nitrogens is 1. The highest BCUT2D eigenvalue weighted by Gasteiger charge is 2.23. The predicted octanol–water partition coefficient (Wildman–Crippen LogP) is 3.47. The fourth-order valence-electron chi connectivity index (χ4n) is 3.37. The van der Waals surface area contributed by atoms with Crippen molar-refractivity contribution in [1.82, 2.24) is 20.5 Å². The third-order valence-electron chi connectivity index (χ3n) is 5.11. The number of benzene rings is 1. The Hall–Kier alpha value is -1.72. The lowest BCUT2D eigenvalue weighted by Gasteiger charge is -2.35. The second kappa shape index (κ2) is 11.8. The first-order chi connectivity index (χ1) is 14.4. The Morgan fingerprint density at radius 3 is 2.61 bits per heavy atom. The standard InChI is InChI=1S/C22H32FN5O2.HI/c1-22(2,3)19-14-25-20(30-19)15-27-21(24-4)26-13-18(28-8-10-29-11-9-28)16-6-5-7-17(23)12-16;/h5-7,12,14,18H,8-11,13,15H2,1-4H3,(H2,24,26,27);1H. The molecule has 2 aromatic rings. The molecule has 0 bridgehead atoms. The van der Waals surface area contributed by atoms with Gasteiger partial charge in [-0.3, -0.25) is 9.89 Å². The van der Waals surface area contributed by atoms with Gasteiger partial charge in [-0.05, 0) is 17.7 Å². The highest BCUT2D eigenvalue weighted by atomic mass is 127. The van der Waals surface area contributed by atoms with Gasteiger partial charge in [-0.2, -0.15) is 0 Å². The molecule has 3 rings (SSSR count). The van der Waals surface area contributed by atoms with Gasteiger partial charge >= 0.3 is 0 Å². The van der Waals surface area contributed by atoms with Crippen LogP contribution in [0.4, 0.5) is 4.39 Å². The van der Waals surface area contributed by atoms with E-state index in [4.69, 9.17) is 9.15 Å². The lowest BCUT2D eigenvalue weighted by molar-refractivity contribution is 0.0169. The summed E-state index contributed by atoms with van der Waals surface area (Å²) in [5, 5.41) is 6.59. The topological polar surface area (TPSA) is 74.9 Å². The van der Waals surface area contributed by atoms with Gasteiger partial charge in [-0.15, -0.1) is 24.0 Å². The number of aliphatic imine (C=N–C) groups is 1. The number of oxazole rings is 1. The van der Waals surface area contributed by atoms with E-state index < -0.39 is 0 Å². The van der Waals surface area contributed by atoms with Crippen molar-refractivity contribution in [3.63, 3.8) is 0 Å². The van der Waals surface area contributed by atoms with Crippen LogP contribution in [-0.4, -0.2) is 55.7 Å². The number of halogens is 2. The summed E-state index contributed by atoms with van der Waals surface area (Å²) in [6.45, 7) is 10.2. The van der Waals surface area contributed by atoms with Crippen molar-refractivity contribution >= 4 is 29.9 Å². The molecule has 31 heavy (non-hydrogen) atoms. The second-order valence-electron chi connectivity index (χ2n) is 8.39. The van der Waals surface area contributed by atoms with Gasteiger partial charge in [0.15, 0.2) is 5.96 Å². The van der Waals surface area contributed by atoms with Crippen molar-refractivity contribution in [3.05, 3.63) is 53.5 Å². The van der Waals surface area contributed by atoms with E-state index in [9.17, 15) is 4.39 Å². The SMILES string of the molecule is CN=C(NCc1ncc(C(C)(C)C)o1)NCC(c1cccc(F)c1)N1CCOCC1.I. The van der Waals surface area contributed by atoms with Crippen molar-refractivity contribution < 1.29 is 13.5 Å². The van der Waals surface area contributed by atoms with E-state index in [0.717, 1.165) is 24.4 Å². The van der Waals surface area contributed by atoms with Crippen LogP contribution in [0.25, 0.3) is 0 Å². The Morgan fingerprint density at radius 2 is 2.00 bits per heavy atom. The lowest BCUT2D eigenvalue weighted by Crippen LogP contribution is -2.46. The van der Waals surface area contributed by atoms with Gasteiger partial charge < -0.3 is 19.8 Å². The smallest absolute Gasteiger partial charge is 0.213 e. The zero-order valence-corrected chi connectivity index (χ0v) is 21.0. The van der Waals surface area contributed by atoms with Crippen LogP contribution in [-0.2, 0) is 16.7 Å². The molecule has 0 spiro atoms. The molecule has 0 radical (unpaired) electrons. The first kappa shape index (κ1) is 25.5. The molecule has 1 unspecified atom stereocenters. The van der Waals surface area contributed by atoms with Crippen molar-refractivity contribution in [1.29, 1.82) is 0 Å². The number of nitrogens with zero attached hydrogens (tertiary/aromatic N) is 3. The molecule has 1 aromatic carbocycles. The molecule has 1 aliphatic heterocycles. The number of ether oxygens (including phenoxy) is 1. The fraction of sp³-hybridized carbons (Fsp3) is 0.545. The van der Waals surface area contributed by atoms with Crippen LogP contribution in [0.15, 0.2) is 39.9 Å². The molecule has 172 valence electrons. The Kier molecular flexibility index (Phi) is 9.70. The van der Waals surface area contributed by atoms with E-state index in [-0.39, 0.29) is 41.3 Å². The molecule has 1 aromatic heterocycles. The maximum Gasteiger partial charge on any atom is 0.213 e. The molecule has 0 saturated carbocycles. The van der Waals surface area contributed by atoms with Gasteiger partial charge in [0.1, 0.15) is 11.6 Å². The minimum absolute atomic E-state index is 0. The summed E-state index contributed by atoms with van der Waals surface area (Å²) in [6.07, 6.45) is 1.77. The van der Waals surface area contributed by atoms with Crippen molar-refractivity contribution in [2.45, 2.75) is 38.8 Å². The largest absolute Gasteiger partial charge is 0.443 e. The van der Waals surface area contributed by atoms with Gasteiger partial charge in [-0.25, -0.2) is 9.37 Å². The minimum Gasteiger partial charge on any atom is -0.443 e. The predicted molar refractivity (Wildman–Crippen MR) is 130 cm³/mol. The lowest BCUT2D eigenvalue weighted by atomic mass is 9.94. The Balaban J connectivity index is 0.00000341. The Morgan fingerprint density at radius 1 is 1.26 bits per heavy atom. The molecule has 0 amide bonds. The summed E-state index contributed by atoms with van der Waals surface area (Å²) in [5.41, 5.74) is 0.851. The number of rotatable bonds is 6. The first-order valence-electron chi connectivity index (χ1n) is 10.3. The van der Waals surface area contributed by atoms with Crippen LogP contribution in [0, 0.1) is 5.82 Å². The van der Waals surface area contributed by atoms with E-state index in [1.165, 1.54) is 6.07 Å². The summed E-state index contributed by atoms with van der Waals surface area (Å²) in [6, 6.07) is 6.79. The van der Waals surface area contributed by atoms with Crippen LogP contribution >= 0.6 is 24.0 Å². The average Bonchev–Trinajstić information content (AvgIpc) is 3.21.